The number of carbonyl (C=O) groups is 2. The van der Waals surface area contributed by atoms with Gasteiger partial charge in [0, 0.05) is 19.8 Å². The van der Waals surface area contributed by atoms with Gasteiger partial charge in [0.15, 0.2) is 0 Å². The van der Waals surface area contributed by atoms with E-state index in [1.165, 1.54) is 10.0 Å². The molecule has 1 fully saturated rings. The maximum atomic E-state index is 13.4. The van der Waals surface area contributed by atoms with Crippen LogP contribution in [0, 0.1) is 0 Å². The van der Waals surface area contributed by atoms with Crippen LogP contribution in [0.15, 0.2) is 102 Å². The summed E-state index contributed by atoms with van der Waals surface area (Å²) in [5.74, 6) is -0.676. The minimum absolute atomic E-state index is 0.166. The van der Waals surface area contributed by atoms with E-state index in [1.807, 2.05) is 116 Å². The number of hydrogen-bond donors (Lipinski definition) is 0. The SMILES string of the molecule is CC(/C=C/c1ccc(N(C)C)cc1)=C1C(=O)N(c2ccccc2)N(c2ccccc2)C1=O. The Morgan fingerprint density at radius 3 is 1.62 bits per heavy atom. The first kappa shape index (κ1) is 21.1. The maximum absolute atomic E-state index is 13.4. The molecule has 3 aromatic carbocycles. The topological polar surface area (TPSA) is 43.9 Å². The summed E-state index contributed by atoms with van der Waals surface area (Å²) in [6, 6.07) is 26.5. The molecule has 160 valence electrons. The van der Waals surface area contributed by atoms with E-state index in [4.69, 9.17) is 0 Å². The zero-order valence-corrected chi connectivity index (χ0v) is 18.4. The standard InChI is InChI=1S/C27H25N3O2/c1-20(14-15-21-16-18-22(19-17-21)28(2)3)25-26(31)29(23-10-6-4-7-11-23)30(27(25)32)24-12-8-5-9-13-24/h4-19H,1-3H3/b15-14+. The Balaban J connectivity index is 1.72. The summed E-state index contributed by atoms with van der Waals surface area (Å²) < 4.78 is 0. The number of nitrogens with zero attached hydrogens (tertiary/aromatic N) is 3. The number of amides is 2. The molecule has 1 saturated heterocycles. The quantitative estimate of drug-likeness (QED) is 0.425. The molecule has 0 atom stereocenters. The highest BCUT2D eigenvalue weighted by atomic mass is 16.2. The van der Waals surface area contributed by atoms with Crippen molar-refractivity contribution in [2.24, 2.45) is 0 Å². The number of hydrazine groups is 1. The average Bonchev–Trinajstić information content (AvgIpc) is 3.08. The van der Waals surface area contributed by atoms with E-state index in [2.05, 4.69) is 0 Å². The molecule has 5 nitrogen and oxygen atoms in total. The van der Waals surface area contributed by atoms with Gasteiger partial charge in [0.1, 0.15) is 5.57 Å². The fraction of sp³-hybridized carbons (Fsp3) is 0.111. The summed E-state index contributed by atoms with van der Waals surface area (Å²) in [4.78, 5) is 28.9. The summed E-state index contributed by atoms with van der Waals surface area (Å²) in [6.07, 6.45) is 3.74. The Morgan fingerprint density at radius 1 is 0.719 bits per heavy atom. The molecule has 1 aliphatic heterocycles. The van der Waals surface area contributed by atoms with Crippen LogP contribution in [-0.2, 0) is 9.59 Å². The van der Waals surface area contributed by atoms with Crippen molar-refractivity contribution < 1.29 is 9.59 Å². The number of benzene rings is 3. The van der Waals surface area contributed by atoms with Crippen LogP contribution in [0.1, 0.15) is 12.5 Å². The van der Waals surface area contributed by atoms with E-state index in [-0.39, 0.29) is 17.4 Å². The predicted molar refractivity (Wildman–Crippen MR) is 130 cm³/mol. The molecule has 0 saturated carbocycles. The van der Waals surface area contributed by atoms with Gasteiger partial charge < -0.3 is 4.90 Å². The summed E-state index contributed by atoms with van der Waals surface area (Å²) in [5.41, 5.74) is 4.17. The van der Waals surface area contributed by atoms with E-state index in [0.29, 0.717) is 16.9 Å². The van der Waals surface area contributed by atoms with Crippen molar-refractivity contribution in [2.45, 2.75) is 6.92 Å². The Labute approximate surface area is 188 Å². The molecular formula is C27H25N3O2. The molecule has 1 heterocycles. The minimum Gasteiger partial charge on any atom is -0.378 e. The summed E-state index contributed by atoms with van der Waals surface area (Å²) >= 11 is 0. The van der Waals surface area contributed by atoms with Crippen LogP contribution in [0.4, 0.5) is 17.1 Å². The molecule has 2 amide bonds. The summed E-state index contributed by atoms with van der Waals surface area (Å²) in [5, 5.41) is 2.88. The van der Waals surface area contributed by atoms with Crippen LogP contribution in [-0.4, -0.2) is 25.9 Å². The Hall–Kier alpha value is -4.12. The van der Waals surface area contributed by atoms with Crippen molar-refractivity contribution in [1.29, 1.82) is 0 Å². The van der Waals surface area contributed by atoms with E-state index < -0.39 is 0 Å². The number of rotatable bonds is 5. The van der Waals surface area contributed by atoms with Gasteiger partial charge in [-0.05, 0) is 54.5 Å². The molecule has 0 radical (unpaired) electrons. The average molecular weight is 424 g/mol. The second-order valence-corrected chi connectivity index (χ2v) is 7.78. The molecule has 0 spiro atoms. The van der Waals surface area contributed by atoms with Crippen LogP contribution >= 0.6 is 0 Å². The van der Waals surface area contributed by atoms with Gasteiger partial charge in [-0.1, -0.05) is 60.7 Å². The Kier molecular flexibility index (Phi) is 5.90. The highest BCUT2D eigenvalue weighted by Crippen LogP contribution is 2.33. The maximum Gasteiger partial charge on any atom is 0.283 e. The van der Waals surface area contributed by atoms with Crippen molar-refractivity contribution in [1.82, 2.24) is 0 Å². The van der Waals surface area contributed by atoms with E-state index in [1.54, 1.807) is 6.92 Å². The molecular weight excluding hydrogens is 398 g/mol. The van der Waals surface area contributed by atoms with Crippen molar-refractivity contribution in [3.63, 3.8) is 0 Å². The third-order valence-corrected chi connectivity index (χ3v) is 5.34. The molecule has 32 heavy (non-hydrogen) atoms. The molecule has 3 aromatic rings. The smallest absolute Gasteiger partial charge is 0.283 e. The van der Waals surface area contributed by atoms with Gasteiger partial charge in [-0.25, -0.2) is 10.0 Å². The third-order valence-electron chi connectivity index (χ3n) is 5.34. The monoisotopic (exact) mass is 423 g/mol. The Bertz CT molecular complexity index is 1120. The lowest BCUT2D eigenvalue weighted by Gasteiger charge is -2.27. The number of hydrogen-bond acceptors (Lipinski definition) is 3. The van der Waals surface area contributed by atoms with Gasteiger partial charge in [-0.2, -0.15) is 0 Å². The molecule has 0 N–H and O–H groups in total. The fourth-order valence-electron chi connectivity index (χ4n) is 3.61. The second kappa shape index (κ2) is 8.94. The van der Waals surface area contributed by atoms with E-state index >= 15 is 0 Å². The number of allylic oxidation sites excluding steroid dienone is 2. The molecule has 0 bridgehead atoms. The van der Waals surface area contributed by atoms with Crippen molar-refractivity contribution in [2.75, 3.05) is 29.0 Å². The lowest BCUT2D eigenvalue weighted by atomic mass is 10.1. The van der Waals surface area contributed by atoms with Crippen LogP contribution in [0.25, 0.3) is 6.08 Å². The van der Waals surface area contributed by atoms with Crippen molar-refractivity contribution in [3.05, 3.63) is 108 Å². The Morgan fingerprint density at radius 2 is 1.19 bits per heavy atom. The van der Waals surface area contributed by atoms with Gasteiger partial charge in [-0.15, -0.1) is 0 Å². The van der Waals surface area contributed by atoms with E-state index in [9.17, 15) is 9.59 Å². The predicted octanol–water partition coefficient (Wildman–Crippen LogP) is 5.08. The van der Waals surface area contributed by atoms with Gasteiger partial charge >= 0.3 is 0 Å². The van der Waals surface area contributed by atoms with Gasteiger partial charge in [-0.3, -0.25) is 9.59 Å². The van der Waals surface area contributed by atoms with Crippen LogP contribution in [0.2, 0.25) is 0 Å². The zero-order chi connectivity index (χ0) is 22.7. The first-order chi connectivity index (χ1) is 15.5. The van der Waals surface area contributed by atoms with Gasteiger partial charge in [0.05, 0.1) is 11.4 Å². The molecule has 0 aliphatic carbocycles. The molecule has 5 heteroatoms. The lowest BCUT2D eigenvalue weighted by molar-refractivity contribution is -0.116. The summed E-state index contributed by atoms with van der Waals surface area (Å²) in [6.45, 7) is 1.80. The minimum atomic E-state index is -0.338. The fourth-order valence-corrected chi connectivity index (χ4v) is 3.61. The first-order valence-electron chi connectivity index (χ1n) is 10.4. The van der Waals surface area contributed by atoms with Crippen LogP contribution < -0.4 is 14.9 Å². The van der Waals surface area contributed by atoms with Crippen molar-refractivity contribution in [3.8, 4) is 0 Å². The summed E-state index contributed by atoms with van der Waals surface area (Å²) in [7, 11) is 3.99. The molecule has 1 aliphatic rings. The lowest BCUT2D eigenvalue weighted by Crippen LogP contribution is -2.41. The van der Waals surface area contributed by atoms with E-state index in [0.717, 1.165) is 11.3 Å². The number of para-hydroxylation sites is 2. The number of carbonyl (C=O) groups excluding carboxylic acids is 2. The zero-order valence-electron chi connectivity index (χ0n) is 18.4. The van der Waals surface area contributed by atoms with Crippen molar-refractivity contribution >= 4 is 35.0 Å². The largest absolute Gasteiger partial charge is 0.378 e. The molecule has 0 aromatic heterocycles. The van der Waals surface area contributed by atoms with Gasteiger partial charge in [0.25, 0.3) is 11.8 Å². The normalized spacial score (nSPS) is 13.9. The second-order valence-electron chi connectivity index (χ2n) is 7.78. The van der Waals surface area contributed by atoms with Gasteiger partial charge in [0.2, 0.25) is 0 Å². The van der Waals surface area contributed by atoms with Crippen LogP contribution in [0.5, 0.6) is 0 Å². The molecule has 4 rings (SSSR count). The number of anilines is 3. The highest BCUT2D eigenvalue weighted by molar-refractivity contribution is 6.36. The van der Waals surface area contributed by atoms with Crippen LogP contribution in [0.3, 0.4) is 0 Å². The highest BCUT2D eigenvalue weighted by Gasteiger charge is 2.43. The molecule has 0 unspecified atom stereocenters. The third kappa shape index (κ3) is 4.05. The first-order valence-corrected chi connectivity index (χ1v) is 10.4.